The number of nitrogens with zero attached hydrogens (tertiary/aromatic N) is 3. The third-order valence-corrected chi connectivity index (χ3v) is 5.65. The van der Waals surface area contributed by atoms with Crippen LogP contribution < -0.4 is 19.9 Å². The number of nitrogens with two attached hydrogens (primary N) is 1. The van der Waals surface area contributed by atoms with Gasteiger partial charge < -0.3 is 29.4 Å². The second kappa shape index (κ2) is 7.11. The summed E-state index contributed by atoms with van der Waals surface area (Å²) in [5.41, 5.74) is 3.81. The Balaban J connectivity index is 2.32. The molecule has 3 rings (SSSR count). The van der Waals surface area contributed by atoms with Crippen LogP contribution in [0.1, 0.15) is 25.3 Å². The average molecular weight is 400 g/mol. The Morgan fingerprint density at radius 3 is 1.93 bits per heavy atom. The van der Waals surface area contributed by atoms with Gasteiger partial charge in [0.25, 0.3) is 5.91 Å². The third kappa shape index (κ3) is 2.29. The highest BCUT2D eigenvalue weighted by atomic mass is 16.7. The molecule has 9 heteroatoms. The zero-order valence-electron chi connectivity index (χ0n) is 17.1. The Morgan fingerprint density at radius 1 is 1.00 bits per heavy atom. The number of ether oxygens (including phenoxy) is 5. The van der Waals surface area contributed by atoms with Gasteiger partial charge in [0.2, 0.25) is 0 Å². The molecular formula is C20H24N4O5. The lowest BCUT2D eigenvalue weighted by Crippen LogP contribution is -2.43. The minimum atomic E-state index is -1.70. The number of benzene rings is 1. The van der Waals surface area contributed by atoms with Crippen LogP contribution in [0.25, 0.3) is 0 Å². The standard InChI is InChI=1S/C20H24N4O5/c1-6-28-20(29-7-2)19(11-22)16(18(19,10-21)17(23)24-20)15-13(26-4)8-12(25-3)9-14(15)27-5/h8-9,16H,6-7H2,1-5H3,(H2,23,24). The van der Waals surface area contributed by atoms with Gasteiger partial charge in [-0.05, 0) is 13.8 Å². The Bertz CT molecular complexity index is 903. The minimum Gasteiger partial charge on any atom is -0.496 e. The lowest BCUT2D eigenvalue weighted by Gasteiger charge is -2.32. The second-order valence-electron chi connectivity index (χ2n) is 6.66. The molecule has 1 aromatic rings. The van der Waals surface area contributed by atoms with E-state index >= 15 is 0 Å². The monoisotopic (exact) mass is 400 g/mol. The van der Waals surface area contributed by atoms with Crippen molar-refractivity contribution >= 4 is 5.84 Å². The van der Waals surface area contributed by atoms with Gasteiger partial charge in [0.15, 0.2) is 5.41 Å². The molecule has 1 heterocycles. The first-order valence-electron chi connectivity index (χ1n) is 9.19. The Kier molecular flexibility index (Phi) is 5.08. The molecule has 2 N–H and O–H groups in total. The van der Waals surface area contributed by atoms with Crippen molar-refractivity contribution in [3.05, 3.63) is 17.7 Å². The van der Waals surface area contributed by atoms with Crippen molar-refractivity contribution < 1.29 is 23.7 Å². The molecule has 154 valence electrons. The Labute approximate surface area is 169 Å². The fourth-order valence-electron chi connectivity index (χ4n) is 4.50. The van der Waals surface area contributed by atoms with Gasteiger partial charge in [0.05, 0.1) is 33.5 Å². The van der Waals surface area contributed by atoms with E-state index in [2.05, 4.69) is 17.1 Å². The first kappa shape index (κ1) is 20.7. The first-order chi connectivity index (χ1) is 13.9. The van der Waals surface area contributed by atoms with Gasteiger partial charge in [-0.2, -0.15) is 10.5 Å². The lowest BCUT2D eigenvalue weighted by molar-refractivity contribution is -0.255. The molecule has 0 aromatic heterocycles. The van der Waals surface area contributed by atoms with Crippen LogP contribution in [-0.2, 0) is 9.47 Å². The van der Waals surface area contributed by atoms with Gasteiger partial charge in [0.1, 0.15) is 28.5 Å². The van der Waals surface area contributed by atoms with E-state index in [1.54, 1.807) is 26.0 Å². The summed E-state index contributed by atoms with van der Waals surface area (Å²) in [5, 5.41) is 20.5. The van der Waals surface area contributed by atoms with E-state index in [1.165, 1.54) is 21.3 Å². The number of amidine groups is 1. The van der Waals surface area contributed by atoms with E-state index in [0.717, 1.165) is 0 Å². The SMILES string of the molecule is CCOC1(OCC)N=C(N)C2(C#N)C(c3c(OC)cc(OC)cc3OC)C12C#N. The summed E-state index contributed by atoms with van der Waals surface area (Å²) in [5.74, 6) is -1.14. The van der Waals surface area contributed by atoms with E-state index in [0.29, 0.717) is 22.8 Å². The van der Waals surface area contributed by atoms with Crippen molar-refractivity contribution in [2.24, 2.45) is 21.6 Å². The van der Waals surface area contributed by atoms with Gasteiger partial charge in [-0.15, -0.1) is 0 Å². The second-order valence-corrected chi connectivity index (χ2v) is 6.66. The van der Waals surface area contributed by atoms with Crippen molar-refractivity contribution in [3.8, 4) is 29.4 Å². The summed E-state index contributed by atoms with van der Waals surface area (Å²) >= 11 is 0. The maximum atomic E-state index is 10.3. The van der Waals surface area contributed by atoms with Crippen molar-refractivity contribution in [2.45, 2.75) is 25.7 Å². The molecule has 3 atom stereocenters. The summed E-state index contributed by atoms with van der Waals surface area (Å²) in [4.78, 5) is 4.34. The van der Waals surface area contributed by atoms with Gasteiger partial charge in [-0.1, -0.05) is 0 Å². The normalized spacial score (nSPS) is 28.5. The molecule has 1 fully saturated rings. The van der Waals surface area contributed by atoms with Gasteiger partial charge in [-0.25, -0.2) is 4.99 Å². The summed E-state index contributed by atoms with van der Waals surface area (Å²) in [6.07, 6.45) is 0. The summed E-state index contributed by atoms with van der Waals surface area (Å²) in [7, 11) is 4.50. The lowest BCUT2D eigenvalue weighted by atomic mass is 9.93. The highest BCUT2D eigenvalue weighted by Crippen LogP contribution is 2.83. The van der Waals surface area contributed by atoms with Crippen LogP contribution in [0.3, 0.4) is 0 Å². The van der Waals surface area contributed by atoms with Crippen molar-refractivity contribution in [1.82, 2.24) is 0 Å². The zero-order chi connectivity index (χ0) is 21.4. The molecule has 1 saturated carbocycles. The molecule has 0 radical (unpaired) electrons. The van der Waals surface area contributed by atoms with Gasteiger partial charge in [0, 0.05) is 36.8 Å². The molecular weight excluding hydrogens is 376 g/mol. The van der Waals surface area contributed by atoms with Crippen LogP contribution in [0.2, 0.25) is 0 Å². The molecule has 9 nitrogen and oxygen atoms in total. The average Bonchev–Trinajstić information content (AvgIpc) is 3.30. The van der Waals surface area contributed by atoms with E-state index in [-0.39, 0.29) is 19.0 Å². The molecule has 1 aromatic carbocycles. The van der Waals surface area contributed by atoms with Crippen LogP contribution in [0.15, 0.2) is 17.1 Å². The van der Waals surface area contributed by atoms with E-state index < -0.39 is 22.7 Å². The molecule has 0 bridgehead atoms. The predicted molar refractivity (Wildman–Crippen MR) is 103 cm³/mol. The van der Waals surface area contributed by atoms with Crippen LogP contribution in [-0.4, -0.2) is 46.3 Å². The number of methoxy groups -OCH3 is 3. The molecule has 0 spiro atoms. The van der Waals surface area contributed by atoms with Crippen molar-refractivity contribution in [1.29, 1.82) is 10.5 Å². The highest BCUT2D eigenvalue weighted by Gasteiger charge is 2.94. The van der Waals surface area contributed by atoms with E-state index in [9.17, 15) is 10.5 Å². The Morgan fingerprint density at radius 2 is 1.55 bits per heavy atom. The topological polar surface area (TPSA) is 132 Å². The van der Waals surface area contributed by atoms with Crippen LogP contribution in [0, 0.1) is 33.5 Å². The van der Waals surface area contributed by atoms with Crippen molar-refractivity contribution in [3.63, 3.8) is 0 Å². The van der Waals surface area contributed by atoms with Gasteiger partial charge >= 0.3 is 0 Å². The Hall–Kier alpha value is -3.01. The van der Waals surface area contributed by atoms with Crippen LogP contribution in [0.5, 0.6) is 17.2 Å². The smallest absolute Gasteiger partial charge is 0.293 e. The van der Waals surface area contributed by atoms with Gasteiger partial charge in [-0.3, -0.25) is 0 Å². The third-order valence-electron chi connectivity index (χ3n) is 5.65. The fraction of sp³-hybridized carbons (Fsp3) is 0.550. The maximum Gasteiger partial charge on any atom is 0.293 e. The molecule has 3 unspecified atom stereocenters. The van der Waals surface area contributed by atoms with E-state index in [1.807, 2.05) is 0 Å². The summed E-state index contributed by atoms with van der Waals surface area (Å²) in [6, 6.07) is 7.82. The van der Waals surface area contributed by atoms with E-state index in [4.69, 9.17) is 29.4 Å². The largest absolute Gasteiger partial charge is 0.496 e. The maximum absolute atomic E-state index is 10.3. The molecule has 1 aliphatic heterocycles. The number of fused-ring (bicyclic) bond motifs is 1. The minimum absolute atomic E-state index is 0.00614. The number of hydrogen-bond donors (Lipinski definition) is 1. The molecule has 0 saturated heterocycles. The summed E-state index contributed by atoms with van der Waals surface area (Å²) in [6.45, 7) is 3.95. The molecule has 2 aliphatic rings. The first-order valence-corrected chi connectivity index (χ1v) is 9.19. The highest BCUT2D eigenvalue weighted by molar-refractivity contribution is 6.01. The number of hydrogen-bond acceptors (Lipinski definition) is 9. The van der Waals surface area contributed by atoms with Crippen LogP contribution >= 0.6 is 0 Å². The number of rotatable bonds is 8. The van der Waals surface area contributed by atoms with Crippen molar-refractivity contribution in [2.75, 3.05) is 34.5 Å². The number of nitriles is 2. The molecule has 0 amide bonds. The predicted octanol–water partition coefficient (Wildman–Crippen LogP) is 1.93. The summed E-state index contributed by atoms with van der Waals surface area (Å²) < 4.78 is 28.1. The molecule has 1 aliphatic carbocycles. The molecule has 29 heavy (non-hydrogen) atoms. The zero-order valence-corrected chi connectivity index (χ0v) is 17.1. The van der Waals surface area contributed by atoms with Crippen LogP contribution in [0.4, 0.5) is 0 Å². The quantitative estimate of drug-likeness (QED) is 0.655. The fourth-order valence-corrected chi connectivity index (χ4v) is 4.50. The number of aliphatic imine (C=N–C) groups is 1.